The monoisotopic (exact) mass is 400 g/mol. The highest BCUT2D eigenvalue weighted by atomic mass is 79.9. The van der Waals surface area contributed by atoms with Gasteiger partial charge in [-0.2, -0.15) is 0 Å². The summed E-state index contributed by atoms with van der Waals surface area (Å²) in [6.45, 7) is 1.12. The third-order valence-electron chi connectivity index (χ3n) is 2.54. The Morgan fingerprint density at radius 1 is 1.33 bits per heavy atom. The lowest BCUT2D eigenvalue weighted by molar-refractivity contribution is 0.0695. The van der Waals surface area contributed by atoms with Gasteiger partial charge in [0.05, 0.1) is 16.2 Å². The molecule has 0 saturated carbocycles. The van der Waals surface area contributed by atoms with Crippen LogP contribution in [0.25, 0.3) is 0 Å². The van der Waals surface area contributed by atoms with Crippen molar-refractivity contribution in [3.63, 3.8) is 0 Å². The fourth-order valence-corrected chi connectivity index (χ4v) is 3.64. The number of aromatic carboxylic acids is 1. The summed E-state index contributed by atoms with van der Waals surface area (Å²) in [4.78, 5) is 10.8. The van der Waals surface area contributed by atoms with Crippen LogP contribution in [0.2, 0.25) is 0 Å². The number of halogens is 1. The molecule has 11 heteroatoms. The molecule has 1 rings (SSSR count). The summed E-state index contributed by atoms with van der Waals surface area (Å²) in [7, 11) is -7.84. The smallest absolute Gasteiger partial charge is 0.336 e. The lowest BCUT2D eigenvalue weighted by Crippen LogP contribution is -2.31. The number of nitrogens with one attached hydrogen (secondary N) is 1. The van der Waals surface area contributed by atoms with E-state index in [1.165, 1.54) is 13.0 Å². The molecule has 21 heavy (non-hydrogen) atoms. The largest absolute Gasteiger partial charge is 0.478 e. The van der Waals surface area contributed by atoms with Crippen LogP contribution >= 0.6 is 15.9 Å². The van der Waals surface area contributed by atoms with E-state index < -0.39 is 38.3 Å². The molecule has 0 radical (unpaired) electrons. The Bertz CT molecular complexity index is 773. The summed E-state index contributed by atoms with van der Waals surface area (Å²) in [5.41, 5.74) is 0.210. The molecule has 0 unspecified atom stereocenters. The van der Waals surface area contributed by atoms with Crippen LogP contribution < -0.4 is 9.86 Å². The van der Waals surface area contributed by atoms with E-state index in [9.17, 15) is 21.6 Å². The van der Waals surface area contributed by atoms with Gasteiger partial charge >= 0.3 is 5.97 Å². The zero-order valence-electron chi connectivity index (χ0n) is 10.8. The fourth-order valence-electron chi connectivity index (χ4n) is 1.43. The van der Waals surface area contributed by atoms with Gasteiger partial charge in [-0.15, -0.1) is 0 Å². The Hall–Kier alpha value is -1.01. The molecule has 4 N–H and O–H groups in total. The van der Waals surface area contributed by atoms with Crippen LogP contribution in [0.1, 0.15) is 15.9 Å². The number of sulfonamides is 2. The summed E-state index contributed by atoms with van der Waals surface area (Å²) in [6.07, 6.45) is 0. The molecule has 0 aliphatic heterocycles. The number of carbonyl (C=O) groups is 1. The van der Waals surface area contributed by atoms with Crippen LogP contribution in [0, 0.1) is 6.92 Å². The molecular weight excluding hydrogens is 388 g/mol. The van der Waals surface area contributed by atoms with Gasteiger partial charge in [0.1, 0.15) is 0 Å². The van der Waals surface area contributed by atoms with Crippen LogP contribution in [0.5, 0.6) is 0 Å². The highest BCUT2D eigenvalue weighted by Gasteiger charge is 2.20. The third-order valence-corrected chi connectivity index (χ3v) is 5.57. The molecular formula is C10H13BrN2O6S2. The van der Waals surface area contributed by atoms with Gasteiger partial charge in [0.15, 0.2) is 0 Å². The molecule has 8 nitrogen and oxygen atoms in total. The molecule has 0 saturated heterocycles. The number of hydrogen-bond donors (Lipinski definition) is 3. The second-order valence-corrected chi connectivity index (χ2v) is 8.50. The van der Waals surface area contributed by atoms with Crippen LogP contribution in [-0.4, -0.2) is 40.2 Å². The molecule has 0 aromatic heterocycles. The number of benzene rings is 1. The Morgan fingerprint density at radius 3 is 2.38 bits per heavy atom. The SMILES string of the molecule is Cc1c(Br)cc(S(=O)(=O)NCCS(N)(=O)=O)cc1C(=O)O. The van der Waals surface area contributed by atoms with Crippen LogP contribution in [0.3, 0.4) is 0 Å². The Morgan fingerprint density at radius 2 is 1.90 bits per heavy atom. The average molecular weight is 401 g/mol. The van der Waals surface area contributed by atoms with Crippen LogP contribution in [-0.2, 0) is 20.0 Å². The van der Waals surface area contributed by atoms with Crippen molar-refractivity contribution < 1.29 is 26.7 Å². The van der Waals surface area contributed by atoms with Gasteiger partial charge in [0.25, 0.3) is 0 Å². The molecule has 118 valence electrons. The van der Waals surface area contributed by atoms with Crippen LogP contribution in [0.4, 0.5) is 0 Å². The van der Waals surface area contributed by atoms with Gasteiger partial charge in [-0.05, 0) is 24.6 Å². The van der Waals surface area contributed by atoms with E-state index in [-0.39, 0.29) is 10.5 Å². The lowest BCUT2D eigenvalue weighted by atomic mass is 10.1. The van der Waals surface area contributed by atoms with E-state index in [0.29, 0.717) is 10.0 Å². The maximum Gasteiger partial charge on any atom is 0.336 e. The van der Waals surface area contributed by atoms with Crippen molar-refractivity contribution in [2.75, 3.05) is 12.3 Å². The molecule has 0 amide bonds. The number of carboxylic acids is 1. The standard InChI is InChI=1S/C10H13BrN2O6S2/c1-6-8(10(14)15)4-7(5-9(6)11)21(18,19)13-2-3-20(12,16)17/h4-5,13H,2-3H2,1H3,(H,14,15)(H2,12,16,17). The van der Waals surface area contributed by atoms with Crippen molar-refractivity contribution in [2.45, 2.75) is 11.8 Å². The van der Waals surface area contributed by atoms with Crippen molar-refractivity contribution in [1.82, 2.24) is 4.72 Å². The zero-order valence-corrected chi connectivity index (χ0v) is 14.0. The summed E-state index contributed by atoms with van der Waals surface area (Å²) in [6, 6.07) is 2.24. The molecule has 0 atom stereocenters. The Kier molecular flexibility index (Phi) is 5.50. The van der Waals surface area contributed by atoms with Gasteiger partial charge in [-0.1, -0.05) is 15.9 Å². The van der Waals surface area contributed by atoms with Crippen molar-refractivity contribution in [1.29, 1.82) is 0 Å². The number of primary sulfonamides is 1. The van der Waals surface area contributed by atoms with Crippen molar-refractivity contribution >= 4 is 41.9 Å². The van der Waals surface area contributed by atoms with Gasteiger partial charge in [0.2, 0.25) is 20.0 Å². The van der Waals surface area contributed by atoms with E-state index in [1.54, 1.807) is 0 Å². The van der Waals surface area contributed by atoms with Gasteiger partial charge in [-0.25, -0.2) is 31.5 Å². The minimum absolute atomic E-state index is 0.170. The van der Waals surface area contributed by atoms with Crippen molar-refractivity contribution in [2.24, 2.45) is 5.14 Å². The number of nitrogens with two attached hydrogens (primary N) is 1. The van der Waals surface area contributed by atoms with Crippen LogP contribution in [0.15, 0.2) is 21.5 Å². The molecule has 0 aliphatic carbocycles. The first kappa shape index (κ1) is 18.0. The Labute approximate surface area is 130 Å². The highest BCUT2D eigenvalue weighted by molar-refractivity contribution is 9.10. The first-order chi connectivity index (χ1) is 9.44. The molecule has 0 spiro atoms. The highest BCUT2D eigenvalue weighted by Crippen LogP contribution is 2.24. The van der Waals surface area contributed by atoms with Crippen molar-refractivity contribution in [3.8, 4) is 0 Å². The summed E-state index contributed by atoms with van der Waals surface area (Å²) < 4.78 is 47.9. The van der Waals surface area contributed by atoms with E-state index in [4.69, 9.17) is 10.2 Å². The minimum Gasteiger partial charge on any atom is -0.478 e. The molecule has 1 aromatic carbocycles. The van der Waals surface area contributed by atoms with E-state index in [2.05, 4.69) is 15.9 Å². The van der Waals surface area contributed by atoms with E-state index in [0.717, 1.165) is 6.07 Å². The first-order valence-corrected chi connectivity index (χ1v) is 9.47. The molecule has 0 bridgehead atoms. The molecule has 1 aromatic rings. The van der Waals surface area contributed by atoms with E-state index in [1.807, 2.05) is 4.72 Å². The van der Waals surface area contributed by atoms with E-state index >= 15 is 0 Å². The second kappa shape index (κ2) is 6.40. The molecule has 0 fully saturated rings. The predicted octanol–water partition coefficient (Wildman–Crippen LogP) is 0.0225. The van der Waals surface area contributed by atoms with Gasteiger partial charge < -0.3 is 5.11 Å². The molecule has 0 aliphatic rings. The summed E-state index contributed by atoms with van der Waals surface area (Å²) >= 11 is 3.09. The summed E-state index contributed by atoms with van der Waals surface area (Å²) in [5.74, 6) is -1.83. The maximum absolute atomic E-state index is 12.0. The van der Waals surface area contributed by atoms with Gasteiger partial charge in [-0.3, -0.25) is 0 Å². The Balaban J connectivity index is 3.12. The van der Waals surface area contributed by atoms with Crippen molar-refractivity contribution in [3.05, 3.63) is 27.7 Å². The number of rotatable bonds is 6. The fraction of sp³-hybridized carbons (Fsp3) is 0.300. The predicted molar refractivity (Wildman–Crippen MR) is 79.0 cm³/mol. The lowest BCUT2D eigenvalue weighted by Gasteiger charge is -2.10. The maximum atomic E-state index is 12.0. The van der Waals surface area contributed by atoms with Gasteiger partial charge in [0, 0.05) is 11.0 Å². The first-order valence-electron chi connectivity index (χ1n) is 5.47. The average Bonchev–Trinajstić information content (AvgIpc) is 2.29. The second-order valence-electron chi connectivity index (χ2n) is 4.15. The normalized spacial score (nSPS) is 12.3. The molecule has 0 heterocycles. The third kappa shape index (κ3) is 5.04. The topological polar surface area (TPSA) is 144 Å². The summed E-state index contributed by atoms with van der Waals surface area (Å²) in [5, 5.41) is 13.8. The minimum atomic E-state index is -4.04. The quantitative estimate of drug-likeness (QED) is 0.613. The zero-order chi connectivity index (χ0) is 16.4. The number of carboxylic acid groups (broad SMARTS) is 1. The number of hydrogen-bond acceptors (Lipinski definition) is 5.